The summed E-state index contributed by atoms with van der Waals surface area (Å²) in [6.45, 7) is 12.3. The van der Waals surface area contributed by atoms with Crippen LogP contribution in [0, 0.1) is 17.2 Å². The summed E-state index contributed by atoms with van der Waals surface area (Å²) < 4.78 is 5.75. The van der Waals surface area contributed by atoms with Crippen molar-refractivity contribution in [3.05, 3.63) is 0 Å². The highest BCUT2D eigenvalue weighted by Crippen LogP contribution is 2.14. The summed E-state index contributed by atoms with van der Waals surface area (Å²) in [5, 5.41) is 9.32. The van der Waals surface area contributed by atoms with Crippen molar-refractivity contribution in [2.24, 2.45) is 5.92 Å². The zero-order valence-electron chi connectivity index (χ0n) is 15.4. The lowest BCUT2D eigenvalue weighted by Gasteiger charge is -2.39. The summed E-state index contributed by atoms with van der Waals surface area (Å²) in [4.78, 5) is 19.0. The van der Waals surface area contributed by atoms with Crippen LogP contribution < -0.4 is 0 Å². The van der Waals surface area contributed by atoms with Gasteiger partial charge >= 0.3 is 0 Å². The first-order chi connectivity index (χ1) is 11.5. The first-order valence-electron chi connectivity index (χ1n) is 9.30. The highest BCUT2D eigenvalue weighted by molar-refractivity contribution is 5.78. The number of nitriles is 1. The van der Waals surface area contributed by atoms with E-state index < -0.39 is 0 Å². The van der Waals surface area contributed by atoms with Gasteiger partial charge in [0.05, 0.1) is 25.3 Å². The molecule has 2 heterocycles. The normalized spacial score (nSPS) is 24.8. The minimum absolute atomic E-state index is 0.0451. The van der Waals surface area contributed by atoms with Crippen LogP contribution in [0.2, 0.25) is 0 Å². The molecule has 6 nitrogen and oxygen atoms in total. The molecule has 24 heavy (non-hydrogen) atoms. The van der Waals surface area contributed by atoms with E-state index >= 15 is 0 Å². The standard InChI is InChI=1S/C18H32N4O2/c1-4-5-16-13-20(10-11-24-16)14-18(23)22-8-6-21(7-9-22)17(12-19)15(2)3/h15-17H,4-11,13-14H2,1-3H3/t16-,17-/m1/s1. The fourth-order valence-electron chi connectivity index (χ4n) is 3.61. The lowest BCUT2D eigenvalue weighted by atomic mass is 10.0. The van der Waals surface area contributed by atoms with Crippen molar-refractivity contribution in [2.45, 2.75) is 45.8 Å². The van der Waals surface area contributed by atoms with Gasteiger partial charge in [0, 0.05) is 39.3 Å². The Morgan fingerprint density at radius 2 is 1.96 bits per heavy atom. The van der Waals surface area contributed by atoms with Crippen LogP contribution in [-0.4, -0.2) is 85.2 Å². The van der Waals surface area contributed by atoms with E-state index in [1.54, 1.807) is 0 Å². The average Bonchev–Trinajstić information content (AvgIpc) is 2.56. The third-order valence-electron chi connectivity index (χ3n) is 5.02. The van der Waals surface area contributed by atoms with Crippen LogP contribution in [0.15, 0.2) is 0 Å². The van der Waals surface area contributed by atoms with E-state index in [2.05, 4.69) is 36.6 Å². The van der Waals surface area contributed by atoms with Gasteiger partial charge in [-0.1, -0.05) is 27.2 Å². The number of piperazine rings is 1. The molecule has 2 saturated heterocycles. The summed E-state index contributed by atoms with van der Waals surface area (Å²) in [5.74, 6) is 0.533. The Kier molecular flexibility index (Phi) is 7.47. The van der Waals surface area contributed by atoms with Crippen molar-refractivity contribution in [3.8, 4) is 6.07 Å². The van der Waals surface area contributed by atoms with Gasteiger partial charge in [-0.2, -0.15) is 5.26 Å². The van der Waals surface area contributed by atoms with Crippen molar-refractivity contribution >= 4 is 5.91 Å². The number of morpholine rings is 1. The minimum atomic E-state index is -0.0451. The zero-order valence-corrected chi connectivity index (χ0v) is 15.4. The maximum absolute atomic E-state index is 12.6. The number of carbonyl (C=O) groups excluding carboxylic acids is 1. The predicted molar refractivity (Wildman–Crippen MR) is 93.5 cm³/mol. The van der Waals surface area contributed by atoms with Crippen LogP contribution in [0.3, 0.4) is 0 Å². The van der Waals surface area contributed by atoms with Gasteiger partial charge in [-0.3, -0.25) is 14.6 Å². The van der Waals surface area contributed by atoms with Gasteiger partial charge in [-0.25, -0.2) is 0 Å². The van der Waals surface area contributed by atoms with E-state index in [-0.39, 0.29) is 18.1 Å². The number of hydrogen-bond acceptors (Lipinski definition) is 5. The highest BCUT2D eigenvalue weighted by Gasteiger charge is 2.29. The molecule has 6 heteroatoms. The van der Waals surface area contributed by atoms with E-state index in [9.17, 15) is 10.1 Å². The van der Waals surface area contributed by atoms with E-state index in [4.69, 9.17) is 4.74 Å². The third-order valence-corrected chi connectivity index (χ3v) is 5.02. The lowest BCUT2D eigenvalue weighted by molar-refractivity contribution is -0.136. The molecule has 2 fully saturated rings. The molecule has 0 bridgehead atoms. The molecule has 0 spiro atoms. The van der Waals surface area contributed by atoms with Gasteiger partial charge in [-0.15, -0.1) is 0 Å². The Morgan fingerprint density at radius 3 is 2.54 bits per heavy atom. The lowest BCUT2D eigenvalue weighted by Crippen LogP contribution is -2.55. The molecule has 2 aliphatic heterocycles. The number of hydrogen-bond donors (Lipinski definition) is 0. The van der Waals surface area contributed by atoms with E-state index in [0.717, 1.165) is 58.7 Å². The molecule has 136 valence electrons. The fourth-order valence-corrected chi connectivity index (χ4v) is 3.61. The number of amides is 1. The minimum Gasteiger partial charge on any atom is -0.376 e. The molecule has 0 unspecified atom stereocenters. The summed E-state index contributed by atoms with van der Waals surface area (Å²) in [6.07, 6.45) is 2.45. The molecule has 1 amide bonds. The molecule has 0 aromatic heterocycles. The summed E-state index contributed by atoms with van der Waals surface area (Å²) in [6, 6.07) is 2.35. The third kappa shape index (κ3) is 5.17. The second kappa shape index (κ2) is 9.36. The maximum Gasteiger partial charge on any atom is 0.236 e. The van der Waals surface area contributed by atoms with Crippen LogP contribution in [-0.2, 0) is 9.53 Å². The number of nitrogens with zero attached hydrogens (tertiary/aromatic N) is 4. The van der Waals surface area contributed by atoms with E-state index in [1.165, 1.54) is 0 Å². The number of carbonyl (C=O) groups is 1. The maximum atomic E-state index is 12.6. The van der Waals surface area contributed by atoms with Gasteiger partial charge in [0.25, 0.3) is 0 Å². The van der Waals surface area contributed by atoms with Gasteiger partial charge in [0.15, 0.2) is 0 Å². The smallest absolute Gasteiger partial charge is 0.236 e. The summed E-state index contributed by atoms with van der Waals surface area (Å²) in [7, 11) is 0. The monoisotopic (exact) mass is 336 g/mol. The van der Waals surface area contributed by atoms with Crippen molar-refractivity contribution < 1.29 is 9.53 Å². The first kappa shape index (κ1) is 19.2. The van der Waals surface area contributed by atoms with E-state index in [1.807, 2.05) is 4.90 Å². The van der Waals surface area contributed by atoms with Gasteiger partial charge in [0.1, 0.15) is 6.04 Å². The molecule has 0 radical (unpaired) electrons. The van der Waals surface area contributed by atoms with E-state index in [0.29, 0.717) is 12.5 Å². The van der Waals surface area contributed by atoms with Crippen LogP contribution in [0.25, 0.3) is 0 Å². The Morgan fingerprint density at radius 1 is 1.25 bits per heavy atom. The van der Waals surface area contributed by atoms with Crippen molar-refractivity contribution in [3.63, 3.8) is 0 Å². The Balaban J connectivity index is 1.77. The van der Waals surface area contributed by atoms with Crippen molar-refractivity contribution in [1.29, 1.82) is 5.26 Å². The molecule has 0 aliphatic carbocycles. The molecule has 2 atom stereocenters. The first-order valence-corrected chi connectivity index (χ1v) is 9.30. The van der Waals surface area contributed by atoms with Crippen molar-refractivity contribution in [2.75, 3.05) is 52.4 Å². The van der Waals surface area contributed by atoms with Crippen LogP contribution in [0.4, 0.5) is 0 Å². The fraction of sp³-hybridized carbons (Fsp3) is 0.889. The second-order valence-electron chi connectivity index (χ2n) is 7.25. The SMILES string of the molecule is CCC[C@@H]1CN(CC(=O)N2CCN([C@H](C#N)C(C)C)CC2)CCO1. The molecule has 2 aliphatic rings. The predicted octanol–water partition coefficient (Wildman–Crippen LogP) is 1.18. The summed E-state index contributed by atoms with van der Waals surface area (Å²) >= 11 is 0. The molecular formula is C18H32N4O2. The average molecular weight is 336 g/mol. The Bertz CT molecular complexity index is 439. The molecule has 0 aromatic rings. The Hall–Kier alpha value is -1.16. The number of ether oxygens (including phenoxy) is 1. The topological polar surface area (TPSA) is 59.8 Å². The largest absolute Gasteiger partial charge is 0.376 e. The summed E-state index contributed by atoms with van der Waals surface area (Å²) in [5.41, 5.74) is 0. The molecule has 0 aromatic carbocycles. The molecule has 2 rings (SSSR count). The van der Waals surface area contributed by atoms with Crippen LogP contribution in [0.5, 0.6) is 0 Å². The number of rotatable bonds is 6. The van der Waals surface area contributed by atoms with Crippen LogP contribution >= 0.6 is 0 Å². The van der Waals surface area contributed by atoms with Gasteiger partial charge in [0.2, 0.25) is 5.91 Å². The second-order valence-corrected chi connectivity index (χ2v) is 7.25. The molecular weight excluding hydrogens is 304 g/mol. The Labute approximate surface area is 146 Å². The molecule has 0 saturated carbocycles. The zero-order chi connectivity index (χ0) is 17.5. The van der Waals surface area contributed by atoms with Gasteiger partial charge < -0.3 is 9.64 Å². The molecule has 0 N–H and O–H groups in total. The van der Waals surface area contributed by atoms with Crippen molar-refractivity contribution in [1.82, 2.24) is 14.7 Å². The van der Waals surface area contributed by atoms with Gasteiger partial charge in [-0.05, 0) is 12.3 Å². The van der Waals surface area contributed by atoms with Crippen LogP contribution in [0.1, 0.15) is 33.6 Å². The quantitative estimate of drug-likeness (QED) is 0.729. The highest BCUT2D eigenvalue weighted by atomic mass is 16.5.